The number of hydrogen-bond acceptors (Lipinski definition) is 4. The van der Waals surface area contributed by atoms with Gasteiger partial charge in [0.1, 0.15) is 18.1 Å². The lowest BCUT2D eigenvalue weighted by atomic mass is 10.3. The summed E-state index contributed by atoms with van der Waals surface area (Å²) in [7, 11) is 3.10. The lowest BCUT2D eigenvalue weighted by Gasteiger charge is -2.14. The van der Waals surface area contributed by atoms with E-state index in [9.17, 15) is 0 Å². The third-order valence-electron chi connectivity index (χ3n) is 1.75. The normalized spacial score (nSPS) is 10.5. The van der Waals surface area contributed by atoms with Crippen LogP contribution in [0.25, 0.3) is 0 Å². The largest absolute Gasteiger partial charge is 0.508 e. The minimum absolute atomic E-state index is 0.215. The van der Waals surface area contributed by atoms with E-state index in [1.54, 1.807) is 38.5 Å². The van der Waals surface area contributed by atoms with Crippen molar-refractivity contribution in [1.82, 2.24) is 0 Å². The minimum atomic E-state index is -0.371. The van der Waals surface area contributed by atoms with E-state index in [2.05, 4.69) is 0 Å². The fraction of sp³-hybridized carbons (Fsp3) is 0.400. The molecule has 14 heavy (non-hydrogen) atoms. The second-order valence-corrected chi connectivity index (χ2v) is 2.71. The number of rotatable bonds is 5. The smallest absolute Gasteiger partial charge is 0.191 e. The SMILES string of the molecule is COC(COc1ccc(O)cc1)OC. The van der Waals surface area contributed by atoms with Crippen LogP contribution in [0.5, 0.6) is 11.5 Å². The van der Waals surface area contributed by atoms with E-state index in [1.165, 1.54) is 0 Å². The average molecular weight is 198 g/mol. The fourth-order valence-corrected chi connectivity index (χ4v) is 0.939. The Labute approximate surface area is 83.0 Å². The van der Waals surface area contributed by atoms with E-state index >= 15 is 0 Å². The summed E-state index contributed by atoms with van der Waals surface area (Å²) in [5.74, 6) is 0.884. The zero-order valence-electron chi connectivity index (χ0n) is 8.27. The number of hydrogen-bond donors (Lipinski definition) is 1. The molecule has 0 fully saturated rings. The molecule has 1 aromatic carbocycles. The standard InChI is InChI=1S/C10H14O4/c1-12-10(13-2)7-14-9-5-3-8(11)4-6-9/h3-6,10-11H,7H2,1-2H3. The zero-order valence-corrected chi connectivity index (χ0v) is 8.27. The zero-order chi connectivity index (χ0) is 10.4. The van der Waals surface area contributed by atoms with Crippen LogP contribution < -0.4 is 4.74 Å². The van der Waals surface area contributed by atoms with Gasteiger partial charge in [0.2, 0.25) is 0 Å². The van der Waals surface area contributed by atoms with Crippen LogP contribution in [-0.2, 0) is 9.47 Å². The van der Waals surface area contributed by atoms with Gasteiger partial charge in [0.05, 0.1) is 0 Å². The monoisotopic (exact) mass is 198 g/mol. The molecule has 0 spiro atoms. The van der Waals surface area contributed by atoms with Crippen molar-refractivity contribution in [3.63, 3.8) is 0 Å². The molecule has 78 valence electrons. The molecule has 1 rings (SSSR count). The summed E-state index contributed by atoms with van der Waals surface area (Å²) < 4.78 is 15.2. The van der Waals surface area contributed by atoms with E-state index < -0.39 is 0 Å². The van der Waals surface area contributed by atoms with Gasteiger partial charge in [0.15, 0.2) is 6.29 Å². The Kier molecular flexibility index (Phi) is 4.22. The third kappa shape index (κ3) is 3.24. The summed E-state index contributed by atoms with van der Waals surface area (Å²) in [5, 5.41) is 9.02. The first-order chi connectivity index (χ1) is 6.76. The van der Waals surface area contributed by atoms with Crippen LogP contribution in [0.4, 0.5) is 0 Å². The highest BCUT2D eigenvalue weighted by atomic mass is 16.7. The number of methoxy groups -OCH3 is 2. The van der Waals surface area contributed by atoms with Crippen LogP contribution in [0, 0.1) is 0 Å². The van der Waals surface area contributed by atoms with Crippen molar-refractivity contribution in [2.75, 3.05) is 20.8 Å². The molecule has 1 N–H and O–H groups in total. The Balaban J connectivity index is 2.41. The van der Waals surface area contributed by atoms with Gasteiger partial charge in [-0.15, -0.1) is 0 Å². The van der Waals surface area contributed by atoms with Gasteiger partial charge in [-0.2, -0.15) is 0 Å². The summed E-state index contributed by atoms with van der Waals surface area (Å²) in [5.41, 5.74) is 0. The highest BCUT2D eigenvalue weighted by molar-refractivity contribution is 5.29. The van der Waals surface area contributed by atoms with Gasteiger partial charge in [0, 0.05) is 14.2 Å². The molecule has 0 saturated heterocycles. The Hall–Kier alpha value is -1.26. The van der Waals surface area contributed by atoms with Crippen LogP contribution in [0.15, 0.2) is 24.3 Å². The average Bonchev–Trinajstić information content (AvgIpc) is 2.22. The van der Waals surface area contributed by atoms with E-state index in [4.69, 9.17) is 19.3 Å². The van der Waals surface area contributed by atoms with Crippen molar-refractivity contribution in [1.29, 1.82) is 0 Å². The van der Waals surface area contributed by atoms with Gasteiger partial charge in [-0.3, -0.25) is 0 Å². The molecule has 0 radical (unpaired) electrons. The topological polar surface area (TPSA) is 47.9 Å². The predicted octanol–water partition coefficient (Wildman–Crippen LogP) is 1.39. The van der Waals surface area contributed by atoms with E-state index in [-0.39, 0.29) is 12.0 Å². The van der Waals surface area contributed by atoms with Crippen molar-refractivity contribution in [2.45, 2.75) is 6.29 Å². The molecule has 0 amide bonds. The maximum atomic E-state index is 9.02. The van der Waals surface area contributed by atoms with Crippen molar-refractivity contribution in [3.8, 4) is 11.5 Å². The number of phenolic OH excluding ortho intramolecular Hbond substituents is 1. The Morgan fingerprint density at radius 2 is 1.71 bits per heavy atom. The van der Waals surface area contributed by atoms with Crippen molar-refractivity contribution in [2.24, 2.45) is 0 Å². The number of aromatic hydroxyl groups is 1. The van der Waals surface area contributed by atoms with Crippen molar-refractivity contribution in [3.05, 3.63) is 24.3 Å². The summed E-state index contributed by atoms with van der Waals surface area (Å²) in [6.07, 6.45) is -0.371. The molecule has 1 aromatic rings. The number of phenols is 1. The van der Waals surface area contributed by atoms with Crippen molar-refractivity contribution >= 4 is 0 Å². The van der Waals surface area contributed by atoms with Gasteiger partial charge in [-0.1, -0.05) is 0 Å². The first-order valence-electron chi connectivity index (χ1n) is 4.23. The van der Waals surface area contributed by atoms with Crippen LogP contribution >= 0.6 is 0 Å². The van der Waals surface area contributed by atoms with Crippen LogP contribution in [-0.4, -0.2) is 32.2 Å². The molecule has 4 heteroatoms. The molecule has 0 aliphatic rings. The van der Waals surface area contributed by atoms with Crippen molar-refractivity contribution < 1.29 is 19.3 Å². The van der Waals surface area contributed by atoms with E-state index in [0.29, 0.717) is 12.4 Å². The van der Waals surface area contributed by atoms with E-state index in [1.807, 2.05) is 0 Å². The third-order valence-corrected chi connectivity index (χ3v) is 1.75. The molecular formula is C10H14O4. The fourth-order valence-electron chi connectivity index (χ4n) is 0.939. The highest BCUT2D eigenvalue weighted by Crippen LogP contribution is 2.16. The lowest BCUT2D eigenvalue weighted by Crippen LogP contribution is -2.21. The van der Waals surface area contributed by atoms with Crippen LogP contribution in [0.1, 0.15) is 0 Å². The van der Waals surface area contributed by atoms with Gasteiger partial charge in [-0.25, -0.2) is 0 Å². The highest BCUT2D eigenvalue weighted by Gasteiger charge is 2.05. The summed E-state index contributed by atoms with van der Waals surface area (Å²) in [4.78, 5) is 0. The second kappa shape index (κ2) is 5.47. The minimum Gasteiger partial charge on any atom is -0.508 e. The maximum Gasteiger partial charge on any atom is 0.191 e. The molecule has 0 aliphatic carbocycles. The molecule has 0 aliphatic heterocycles. The second-order valence-electron chi connectivity index (χ2n) is 2.71. The molecule has 0 atom stereocenters. The van der Waals surface area contributed by atoms with Gasteiger partial charge >= 0.3 is 0 Å². The van der Waals surface area contributed by atoms with E-state index in [0.717, 1.165) is 0 Å². The lowest BCUT2D eigenvalue weighted by molar-refractivity contribution is -0.121. The van der Waals surface area contributed by atoms with Gasteiger partial charge < -0.3 is 19.3 Å². The quantitative estimate of drug-likeness (QED) is 0.726. The van der Waals surface area contributed by atoms with Crippen LogP contribution in [0.3, 0.4) is 0 Å². The summed E-state index contributed by atoms with van der Waals surface area (Å²) >= 11 is 0. The summed E-state index contributed by atoms with van der Waals surface area (Å²) in [6.45, 7) is 0.317. The summed E-state index contributed by atoms with van der Waals surface area (Å²) in [6, 6.07) is 6.48. The molecule has 4 nitrogen and oxygen atoms in total. The Morgan fingerprint density at radius 3 is 2.21 bits per heavy atom. The predicted molar refractivity (Wildman–Crippen MR) is 51.4 cm³/mol. The molecule has 0 saturated carbocycles. The molecule has 0 unspecified atom stereocenters. The van der Waals surface area contributed by atoms with Crippen LogP contribution in [0.2, 0.25) is 0 Å². The first kappa shape index (κ1) is 10.8. The molecular weight excluding hydrogens is 184 g/mol. The Morgan fingerprint density at radius 1 is 1.14 bits per heavy atom. The molecule has 0 aromatic heterocycles. The maximum absolute atomic E-state index is 9.02. The van der Waals surface area contributed by atoms with Gasteiger partial charge in [-0.05, 0) is 24.3 Å². The number of ether oxygens (including phenoxy) is 3. The molecule has 0 bridgehead atoms. The molecule has 0 heterocycles. The first-order valence-corrected chi connectivity index (χ1v) is 4.23. The van der Waals surface area contributed by atoms with Gasteiger partial charge in [0.25, 0.3) is 0 Å². The Bertz CT molecular complexity index is 253. The number of benzene rings is 1.